The molecule has 2 amide bonds. The van der Waals surface area contributed by atoms with Gasteiger partial charge in [0.05, 0.1) is 11.9 Å². The quantitative estimate of drug-likeness (QED) is 0.271. The Morgan fingerprint density at radius 3 is 2.36 bits per heavy atom. The maximum absolute atomic E-state index is 14.2. The van der Waals surface area contributed by atoms with E-state index >= 15 is 0 Å². The zero-order chi connectivity index (χ0) is 30.1. The molecule has 1 heterocycles. The minimum atomic E-state index is -3.89. The van der Waals surface area contributed by atoms with Gasteiger partial charge in [-0.3, -0.25) is 13.9 Å². The number of carbonyl (C=O) groups excluding carboxylic acids is 2. The Hall–Kier alpha value is -3.57. The van der Waals surface area contributed by atoms with Gasteiger partial charge in [-0.25, -0.2) is 8.42 Å². The molecule has 42 heavy (non-hydrogen) atoms. The minimum absolute atomic E-state index is 0.107. The molecule has 0 aromatic heterocycles. The monoisotopic (exact) mass is 657 g/mol. The highest BCUT2D eigenvalue weighted by molar-refractivity contribution is 9.10. The molecule has 224 valence electrons. The van der Waals surface area contributed by atoms with E-state index in [0.717, 1.165) is 39.0 Å². The highest BCUT2D eigenvalue weighted by Crippen LogP contribution is 2.35. The molecule has 0 spiro atoms. The third-order valence-corrected chi connectivity index (χ3v) is 8.47. The number of carbonyl (C=O) groups is 2. The second-order valence-electron chi connectivity index (χ2n) is 10.1. The number of hydrogen-bond donors (Lipinski definition) is 1. The molecule has 1 atom stereocenters. The molecule has 0 bridgehead atoms. The number of rotatable bonds is 13. The summed E-state index contributed by atoms with van der Waals surface area (Å²) in [6.45, 7) is 2.85. The minimum Gasteiger partial charge on any atom is -0.486 e. The highest BCUT2D eigenvalue weighted by atomic mass is 79.9. The SMILES string of the molecule is CCCCNC(=O)C(Cc1ccccc1)N(Cc1cccc(Br)c1)C(=O)CN(c1ccc2c(c1)OCCO2)S(C)(=O)=O. The average molecular weight is 659 g/mol. The first kappa shape index (κ1) is 31.4. The summed E-state index contributed by atoms with van der Waals surface area (Å²) in [5.74, 6) is 0.110. The molecule has 0 saturated carbocycles. The normalized spacial score (nSPS) is 13.2. The topological polar surface area (TPSA) is 105 Å². The van der Waals surface area contributed by atoms with Gasteiger partial charge in [-0.2, -0.15) is 0 Å². The number of sulfonamides is 1. The van der Waals surface area contributed by atoms with Crippen molar-refractivity contribution in [2.24, 2.45) is 0 Å². The van der Waals surface area contributed by atoms with E-state index < -0.39 is 28.5 Å². The number of ether oxygens (including phenoxy) is 2. The number of benzene rings is 3. The van der Waals surface area contributed by atoms with E-state index in [0.29, 0.717) is 31.3 Å². The summed E-state index contributed by atoms with van der Waals surface area (Å²) in [6.07, 6.45) is 3.02. The Labute approximate surface area is 256 Å². The fourth-order valence-corrected chi connectivity index (χ4v) is 5.98. The van der Waals surface area contributed by atoms with E-state index in [1.807, 2.05) is 61.5 Å². The first-order valence-electron chi connectivity index (χ1n) is 13.9. The van der Waals surface area contributed by atoms with Gasteiger partial charge in [0.15, 0.2) is 11.5 Å². The van der Waals surface area contributed by atoms with Crippen LogP contribution in [0.5, 0.6) is 11.5 Å². The molecule has 11 heteroatoms. The number of unbranched alkanes of at least 4 members (excludes halogenated alkanes) is 1. The predicted molar refractivity (Wildman–Crippen MR) is 166 cm³/mol. The standard InChI is InChI=1S/C31H36BrN3O6S/c1-3-4-15-33-31(37)27(19-23-9-6-5-7-10-23)34(21-24-11-8-12-25(32)18-24)30(36)22-35(42(2,38)39)26-13-14-28-29(20-26)41-17-16-40-28/h5-14,18,20,27H,3-4,15-17,19,21-22H2,1-2H3,(H,33,37). The number of hydrogen-bond acceptors (Lipinski definition) is 6. The zero-order valence-corrected chi connectivity index (χ0v) is 26.2. The predicted octanol–water partition coefficient (Wildman–Crippen LogP) is 4.54. The van der Waals surface area contributed by atoms with Crippen molar-refractivity contribution < 1.29 is 27.5 Å². The van der Waals surface area contributed by atoms with Crippen molar-refractivity contribution in [3.8, 4) is 11.5 Å². The van der Waals surface area contributed by atoms with Gasteiger partial charge in [-0.15, -0.1) is 0 Å². The largest absolute Gasteiger partial charge is 0.486 e. The van der Waals surface area contributed by atoms with E-state index in [2.05, 4.69) is 21.2 Å². The number of nitrogens with zero attached hydrogens (tertiary/aromatic N) is 2. The van der Waals surface area contributed by atoms with Crippen LogP contribution >= 0.6 is 15.9 Å². The molecular weight excluding hydrogens is 622 g/mol. The van der Waals surface area contributed by atoms with Crippen LogP contribution in [0.4, 0.5) is 5.69 Å². The van der Waals surface area contributed by atoms with E-state index in [4.69, 9.17) is 9.47 Å². The summed E-state index contributed by atoms with van der Waals surface area (Å²) < 4.78 is 39.2. The maximum Gasteiger partial charge on any atom is 0.244 e. The van der Waals surface area contributed by atoms with E-state index in [-0.39, 0.29) is 24.6 Å². The van der Waals surface area contributed by atoms with Crippen molar-refractivity contribution in [3.63, 3.8) is 0 Å². The molecule has 1 aliphatic rings. The van der Waals surface area contributed by atoms with Gasteiger partial charge < -0.3 is 19.7 Å². The van der Waals surface area contributed by atoms with E-state index in [1.54, 1.807) is 18.2 Å². The Morgan fingerprint density at radius 1 is 0.952 bits per heavy atom. The first-order chi connectivity index (χ1) is 20.2. The van der Waals surface area contributed by atoms with Crippen LogP contribution in [0.3, 0.4) is 0 Å². The highest BCUT2D eigenvalue weighted by Gasteiger charge is 2.33. The Bertz CT molecular complexity index is 1480. The van der Waals surface area contributed by atoms with Crippen LogP contribution in [0.15, 0.2) is 77.3 Å². The summed E-state index contributed by atoms with van der Waals surface area (Å²) in [6, 6.07) is 20.8. The van der Waals surface area contributed by atoms with Crippen molar-refractivity contribution in [1.29, 1.82) is 0 Å². The second-order valence-corrected chi connectivity index (χ2v) is 12.9. The summed E-state index contributed by atoms with van der Waals surface area (Å²) in [4.78, 5) is 29.3. The summed E-state index contributed by atoms with van der Waals surface area (Å²) in [7, 11) is -3.89. The molecule has 9 nitrogen and oxygen atoms in total. The molecule has 0 aliphatic carbocycles. The smallest absolute Gasteiger partial charge is 0.244 e. The molecule has 4 rings (SSSR count). The molecule has 3 aromatic rings. The third-order valence-electron chi connectivity index (χ3n) is 6.84. The Balaban J connectivity index is 1.71. The van der Waals surface area contributed by atoms with E-state index in [9.17, 15) is 18.0 Å². The molecule has 3 aromatic carbocycles. The van der Waals surface area contributed by atoms with Gasteiger partial charge in [-0.05, 0) is 41.8 Å². The lowest BCUT2D eigenvalue weighted by Crippen LogP contribution is -2.53. The number of anilines is 1. The van der Waals surface area contributed by atoms with Gasteiger partial charge >= 0.3 is 0 Å². The first-order valence-corrected chi connectivity index (χ1v) is 16.5. The fraction of sp³-hybridized carbons (Fsp3) is 0.355. The van der Waals surface area contributed by atoms with Crippen molar-refractivity contribution in [1.82, 2.24) is 10.2 Å². The Kier molecular flexibility index (Phi) is 10.9. The maximum atomic E-state index is 14.2. The van der Waals surface area contributed by atoms with Gasteiger partial charge in [0, 0.05) is 30.0 Å². The molecular formula is C31H36BrN3O6S. The van der Waals surface area contributed by atoms with E-state index in [1.165, 1.54) is 4.90 Å². The van der Waals surface area contributed by atoms with Crippen LogP contribution in [-0.4, -0.2) is 63.7 Å². The van der Waals surface area contributed by atoms with Crippen molar-refractivity contribution in [3.05, 3.63) is 88.4 Å². The van der Waals surface area contributed by atoms with Crippen molar-refractivity contribution in [2.75, 3.05) is 36.9 Å². The average Bonchev–Trinajstić information content (AvgIpc) is 2.97. The second kappa shape index (κ2) is 14.6. The van der Waals surface area contributed by atoms with Crippen LogP contribution in [0.1, 0.15) is 30.9 Å². The van der Waals surface area contributed by atoms with Crippen LogP contribution < -0.4 is 19.1 Å². The lowest BCUT2D eigenvalue weighted by Gasteiger charge is -2.33. The van der Waals surface area contributed by atoms with Gasteiger partial charge in [0.1, 0.15) is 25.8 Å². The summed E-state index contributed by atoms with van der Waals surface area (Å²) in [5.41, 5.74) is 1.94. The van der Waals surface area contributed by atoms with Gasteiger partial charge in [0.25, 0.3) is 0 Å². The molecule has 0 fully saturated rings. The molecule has 1 unspecified atom stereocenters. The molecule has 1 aliphatic heterocycles. The van der Waals surface area contributed by atoms with Crippen molar-refractivity contribution in [2.45, 2.75) is 38.8 Å². The zero-order valence-electron chi connectivity index (χ0n) is 23.8. The van der Waals surface area contributed by atoms with Crippen molar-refractivity contribution >= 4 is 43.5 Å². The molecule has 1 N–H and O–H groups in total. The molecule has 0 saturated heterocycles. The third kappa shape index (κ3) is 8.48. The number of nitrogens with one attached hydrogen (secondary N) is 1. The number of halogens is 1. The van der Waals surface area contributed by atoms with Gasteiger partial charge in [0.2, 0.25) is 21.8 Å². The number of amides is 2. The number of fused-ring (bicyclic) bond motifs is 1. The Morgan fingerprint density at radius 2 is 1.67 bits per heavy atom. The molecule has 0 radical (unpaired) electrons. The lowest BCUT2D eigenvalue weighted by atomic mass is 10.0. The van der Waals surface area contributed by atoms with Crippen LogP contribution in [-0.2, 0) is 32.6 Å². The lowest BCUT2D eigenvalue weighted by molar-refractivity contribution is -0.140. The summed E-state index contributed by atoms with van der Waals surface area (Å²) >= 11 is 3.49. The van der Waals surface area contributed by atoms with Crippen LogP contribution in [0.25, 0.3) is 0 Å². The van der Waals surface area contributed by atoms with Crippen LogP contribution in [0.2, 0.25) is 0 Å². The van der Waals surface area contributed by atoms with Crippen LogP contribution in [0, 0.1) is 0 Å². The van der Waals surface area contributed by atoms with Gasteiger partial charge in [-0.1, -0.05) is 71.7 Å². The summed E-state index contributed by atoms with van der Waals surface area (Å²) in [5, 5.41) is 2.98. The fourth-order valence-electron chi connectivity index (χ4n) is 4.69.